The molecule has 2 aromatic heterocycles. The van der Waals surface area contributed by atoms with Gasteiger partial charge in [-0.25, -0.2) is 14.8 Å². The number of aromatic amines is 1. The first-order valence-electron chi connectivity index (χ1n) is 12.4. The Balaban J connectivity index is 1.29. The van der Waals surface area contributed by atoms with Crippen LogP contribution in [-0.2, 0) is 12.0 Å². The number of piperazine rings is 1. The van der Waals surface area contributed by atoms with Gasteiger partial charge in [-0.1, -0.05) is 27.2 Å². The molecule has 180 valence electrons. The van der Waals surface area contributed by atoms with Crippen molar-refractivity contribution in [2.24, 2.45) is 0 Å². The van der Waals surface area contributed by atoms with Crippen LogP contribution in [0.15, 0.2) is 21.9 Å². The number of hydrogen-bond donors (Lipinski definition) is 1. The molecule has 0 aromatic carbocycles. The van der Waals surface area contributed by atoms with Crippen LogP contribution in [0.2, 0.25) is 0 Å². The summed E-state index contributed by atoms with van der Waals surface area (Å²) in [4.78, 5) is 40.6. The first-order chi connectivity index (χ1) is 15.7. The van der Waals surface area contributed by atoms with Crippen molar-refractivity contribution in [3.05, 3.63) is 50.2 Å². The van der Waals surface area contributed by atoms with E-state index in [1.54, 1.807) is 17.7 Å². The van der Waals surface area contributed by atoms with Crippen molar-refractivity contribution in [1.82, 2.24) is 24.4 Å². The number of hydrogen-bond acceptors (Lipinski definition) is 6. The Morgan fingerprint density at radius 2 is 1.73 bits per heavy atom. The summed E-state index contributed by atoms with van der Waals surface area (Å²) >= 11 is 0. The Morgan fingerprint density at radius 1 is 1.03 bits per heavy atom. The second-order valence-electron chi connectivity index (χ2n) is 10.7. The number of nitrogens with one attached hydrogen (secondary N) is 1. The van der Waals surface area contributed by atoms with Crippen LogP contribution in [0.5, 0.6) is 0 Å². The minimum Gasteiger partial charge on any atom is -0.354 e. The van der Waals surface area contributed by atoms with Crippen molar-refractivity contribution in [2.45, 2.75) is 77.7 Å². The molecule has 1 saturated heterocycles. The molecule has 1 saturated carbocycles. The molecule has 1 N–H and O–H groups in total. The molecule has 0 radical (unpaired) electrons. The Morgan fingerprint density at radius 3 is 2.36 bits per heavy atom. The zero-order chi connectivity index (χ0) is 23.6. The number of rotatable bonds is 7. The van der Waals surface area contributed by atoms with E-state index < -0.39 is 0 Å². The fourth-order valence-corrected chi connectivity index (χ4v) is 4.47. The summed E-state index contributed by atoms with van der Waals surface area (Å²) in [6.45, 7) is 14.0. The van der Waals surface area contributed by atoms with Crippen molar-refractivity contribution < 1.29 is 0 Å². The van der Waals surface area contributed by atoms with E-state index >= 15 is 0 Å². The highest BCUT2D eigenvalue weighted by molar-refractivity contribution is 5.42. The molecule has 1 aliphatic heterocycles. The normalized spacial score (nSPS) is 17.9. The van der Waals surface area contributed by atoms with E-state index in [1.165, 1.54) is 25.0 Å². The molecule has 0 bridgehead atoms. The number of aromatic nitrogens is 4. The van der Waals surface area contributed by atoms with Crippen LogP contribution >= 0.6 is 0 Å². The summed E-state index contributed by atoms with van der Waals surface area (Å²) in [5, 5.41) is 0. The van der Waals surface area contributed by atoms with Gasteiger partial charge in [0.05, 0.1) is 0 Å². The lowest BCUT2D eigenvalue weighted by atomic mass is 9.82. The van der Waals surface area contributed by atoms with Crippen LogP contribution in [0.1, 0.15) is 75.9 Å². The third kappa shape index (κ3) is 5.72. The van der Waals surface area contributed by atoms with E-state index in [-0.39, 0.29) is 16.7 Å². The van der Waals surface area contributed by atoms with Gasteiger partial charge in [0, 0.05) is 67.6 Å². The summed E-state index contributed by atoms with van der Waals surface area (Å²) < 4.78 is 1.61. The summed E-state index contributed by atoms with van der Waals surface area (Å²) in [5.74, 6) is 2.65. The van der Waals surface area contributed by atoms with E-state index in [2.05, 4.69) is 41.6 Å². The Labute approximate surface area is 196 Å². The number of H-pyrrole nitrogens is 1. The first-order valence-corrected chi connectivity index (χ1v) is 12.4. The predicted molar refractivity (Wildman–Crippen MR) is 131 cm³/mol. The van der Waals surface area contributed by atoms with Gasteiger partial charge in [-0.3, -0.25) is 14.7 Å². The van der Waals surface area contributed by atoms with Gasteiger partial charge < -0.3 is 9.47 Å². The average molecular weight is 455 g/mol. The van der Waals surface area contributed by atoms with Gasteiger partial charge in [-0.2, -0.15) is 0 Å². The monoisotopic (exact) mass is 454 g/mol. The van der Waals surface area contributed by atoms with Gasteiger partial charge in [0.25, 0.3) is 5.56 Å². The Kier molecular flexibility index (Phi) is 7.02. The van der Waals surface area contributed by atoms with Crippen molar-refractivity contribution in [1.29, 1.82) is 0 Å². The van der Waals surface area contributed by atoms with Crippen LogP contribution in [0.3, 0.4) is 0 Å². The van der Waals surface area contributed by atoms with Gasteiger partial charge in [-0.05, 0) is 39.2 Å². The largest absolute Gasteiger partial charge is 0.354 e. The molecule has 2 aromatic rings. The molecule has 4 rings (SSSR count). The average Bonchev–Trinajstić information content (AvgIpc) is 2.73. The highest BCUT2D eigenvalue weighted by Gasteiger charge is 2.27. The van der Waals surface area contributed by atoms with Gasteiger partial charge in [0.2, 0.25) is 0 Å². The minimum absolute atomic E-state index is 0.0530. The highest BCUT2D eigenvalue weighted by Crippen LogP contribution is 2.37. The maximum absolute atomic E-state index is 11.9. The molecular formula is C25H38N6O2. The maximum atomic E-state index is 11.9. The van der Waals surface area contributed by atoms with Gasteiger partial charge in [0.1, 0.15) is 11.6 Å². The second-order valence-corrected chi connectivity index (χ2v) is 10.7. The quantitative estimate of drug-likeness (QED) is 0.648. The summed E-state index contributed by atoms with van der Waals surface area (Å²) in [6, 6.07) is 2.23. The number of aryl methyl sites for hydroxylation is 2. The topological polar surface area (TPSA) is 87.1 Å². The van der Waals surface area contributed by atoms with Crippen molar-refractivity contribution >= 4 is 5.82 Å². The molecule has 33 heavy (non-hydrogen) atoms. The molecule has 1 aliphatic carbocycles. The molecule has 0 atom stereocenters. The predicted octanol–water partition coefficient (Wildman–Crippen LogP) is 2.80. The van der Waals surface area contributed by atoms with Gasteiger partial charge in [0.15, 0.2) is 0 Å². The molecule has 2 aliphatic rings. The summed E-state index contributed by atoms with van der Waals surface area (Å²) in [5.41, 5.74) is 1.13. The van der Waals surface area contributed by atoms with E-state index in [0.717, 1.165) is 57.2 Å². The van der Waals surface area contributed by atoms with Crippen molar-refractivity contribution in [3.63, 3.8) is 0 Å². The van der Waals surface area contributed by atoms with Crippen molar-refractivity contribution in [2.75, 3.05) is 37.6 Å². The Hall–Kier alpha value is -2.48. The standard InChI is InChI=1S/C25H38N6O2/c1-18-17-31(24(33)28-22(18)32)11-6-5-10-29-12-14-30(15-13-29)21-16-20(19-8-7-9-19)26-23(27-21)25(2,3)4/h16-17,19H,5-15H2,1-4H3,(H,28,32,33). The minimum atomic E-state index is -0.319. The van der Waals surface area contributed by atoms with E-state index in [0.29, 0.717) is 18.0 Å². The van der Waals surface area contributed by atoms with Crippen LogP contribution in [-0.4, -0.2) is 57.1 Å². The molecule has 0 amide bonds. The molecule has 3 heterocycles. The van der Waals surface area contributed by atoms with Crippen LogP contribution in [0, 0.1) is 6.92 Å². The highest BCUT2D eigenvalue weighted by atomic mass is 16.2. The summed E-state index contributed by atoms with van der Waals surface area (Å²) in [6.07, 6.45) is 7.40. The number of anilines is 1. The molecule has 8 heteroatoms. The SMILES string of the molecule is Cc1cn(CCCCN2CCN(c3cc(C4CCC4)nc(C(C)(C)C)n3)CC2)c(=O)[nH]c1=O. The third-order valence-corrected chi connectivity index (χ3v) is 6.94. The molecule has 0 unspecified atom stereocenters. The van der Waals surface area contributed by atoms with Crippen LogP contribution in [0.25, 0.3) is 0 Å². The second kappa shape index (κ2) is 9.79. The van der Waals surface area contributed by atoms with E-state index in [4.69, 9.17) is 9.97 Å². The van der Waals surface area contributed by atoms with Gasteiger partial charge >= 0.3 is 5.69 Å². The van der Waals surface area contributed by atoms with E-state index in [9.17, 15) is 9.59 Å². The lowest BCUT2D eigenvalue weighted by Gasteiger charge is -2.36. The van der Waals surface area contributed by atoms with Crippen LogP contribution in [0.4, 0.5) is 5.82 Å². The van der Waals surface area contributed by atoms with Gasteiger partial charge in [-0.15, -0.1) is 0 Å². The smallest absolute Gasteiger partial charge is 0.328 e. The third-order valence-electron chi connectivity index (χ3n) is 6.94. The van der Waals surface area contributed by atoms with E-state index in [1.807, 2.05) is 0 Å². The molecule has 8 nitrogen and oxygen atoms in total. The lowest BCUT2D eigenvalue weighted by Crippen LogP contribution is -2.47. The maximum Gasteiger partial charge on any atom is 0.328 e. The van der Waals surface area contributed by atoms with Crippen LogP contribution < -0.4 is 16.1 Å². The number of unbranched alkanes of at least 4 members (excludes halogenated alkanes) is 1. The molecule has 0 spiro atoms. The zero-order valence-corrected chi connectivity index (χ0v) is 20.6. The molecule has 2 fully saturated rings. The van der Waals surface area contributed by atoms with Crippen molar-refractivity contribution in [3.8, 4) is 0 Å². The Bertz CT molecular complexity index is 1070. The summed E-state index contributed by atoms with van der Waals surface area (Å²) in [7, 11) is 0. The lowest BCUT2D eigenvalue weighted by molar-refractivity contribution is 0.250. The first kappa shape index (κ1) is 23.7. The number of nitrogens with zero attached hydrogens (tertiary/aromatic N) is 5. The zero-order valence-electron chi connectivity index (χ0n) is 20.6. The fraction of sp³-hybridized carbons (Fsp3) is 0.680. The molecular weight excluding hydrogens is 416 g/mol. The fourth-order valence-electron chi connectivity index (χ4n) is 4.47.